The molecular weight excluding hydrogens is 218 g/mol. The molecule has 5 heteroatoms. The Balaban J connectivity index is 1.93. The zero-order valence-electron chi connectivity index (χ0n) is 9.43. The van der Waals surface area contributed by atoms with Crippen LogP contribution in [0.25, 0.3) is 0 Å². The molecule has 0 saturated carbocycles. The van der Waals surface area contributed by atoms with E-state index in [2.05, 4.69) is 15.3 Å². The number of imidazole rings is 1. The molecule has 0 aliphatic rings. The van der Waals surface area contributed by atoms with Crippen LogP contribution in [0.3, 0.4) is 0 Å². The van der Waals surface area contributed by atoms with E-state index in [1.807, 2.05) is 0 Å². The lowest BCUT2D eigenvalue weighted by Gasteiger charge is -2.05. The number of benzene rings is 1. The van der Waals surface area contributed by atoms with E-state index in [-0.39, 0.29) is 12.3 Å². The van der Waals surface area contributed by atoms with Crippen LogP contribution in [0.5, 0.6) is 5.75 Å². The molecule has 1 amide bonds. The minimum absolute atomic E-state index is 0.0839. The van der Waals surface area contributed by atoms with Gasteiger partial charge in [-0.15, -0.1) is 0 Å². The highest BCUT2D eigenvalue weighted by Crippen LogP contribution is 2.15. The van der Waals surface area contributed by atoms with Crippen LogP contribution in [0.2, 0.25) is 0 Å². The maximum Gasteiger partial charge on any atom is 0.230 e. The predicted octanol–water partition coefficient (Wildman–Crippen LogP) is 1.60. The Morgan fingerprint density at radius 3 is 2.76 bits per heavy atom. The van der Waals surface area contributed by atoms with E-state index < -0.39 is 0 Å². The molecule has 0 unspecified atom stereocenters. The normalized spacial score (nSPS) is 9.94. The van der Waals surface area contributed by atoms with Crippen LogP contribution in [0.15, 0.2) is 36.8 Å². The van der Waals surface area contributed by atoms with Crippen molar-refractivity contribution in [1.82, 2.24) is 9.97 Å². The number of nitrogens with zero attached hydrogens (tertiary/aromatic N) is 1. The summed E-state index contributed by atoms with van der Waals surface area (Å²) < 4.78 is 5.03. The molecule has 2 aromatic rings. The van der Waals surface area contributed by atoms with Gasteiger partial charge >= 0.3 is 0 Å². The highest BCUT2D eigenvalue weighted by Gasteiger charge is 2.04. The maximum atomic E-state index is 11.6. The van der Waals surface area contributed by atoms with Crippen molar-refractivity contribution in [3.05, 3.63) is 42.5 Å². The number of carbonyl (C=O) groups excluding carboxylic acids is 1. The van der Waals surface area contributed by atoms with E-state index in [9.17, 15) is 4.79 Å². The van der Waals surface area contributed by atoms with E-state index in [0.29, 0.717) is 0 Å². The minimum atomic E-state index is -0.0839. The summed E-state index contributed by atoms with van der Waals surface area (Å²) >= 11 is 0. The predicted molar refractivity (Wildman–Crippen MR) is 63.9 cm³/mol. The number of anilines is 1. The minimum Gasteiger partial charge on any atom is -0.497 e. The molecule has 1 heterocycles. The van der Waals surface area contributed by atoms with E-state index in [1.54, 1.807) is 43.9 Å². The lowest BCUT2D eigenvalue weighted by atomic mass is 10.2. The largest absolute Gasteiger partial charge is 0.497 e. The molecule has 0 spiro atoms. The summed E-state index contributed by atoms with van der Waals surface area (Å²) in [6.45, 7) is 0. The van der Waals surface area contributed by atoms with Gasteiger partial charge in [0.1, 0.15) is 5.75 Å². The summed E-state index contributed by atoms with van der Waals surface area (Å²) in [4.78, 5) is 18.4. The number of aromatic nitrogens is 2. The van der Waals surface area contributed by atoms with Crippen molar-refractivity contribution in [3.8, 4) is 5.75 Å². The number of hydrogen-bond donors (Lipinski definition) is 2. The number of aromatic amines is 1. The first-order chi connectivity index (χ1) is 8.28. The van der Waals surface area contributed by atoms with Gasteiger partial charge in [0.2, 0.25) is 5.91 Å². The fourth-order valence-electron chi connectivity index (χ4n) is 1.43. The third kappa shape index (κ3) is 3.07. The van der Waals surface area contributed by atoms with Crippen molar-refractivity contribution < 1.29 is 9.53 Å². The fourth-order valence-corrected chi connectivity index (χ4v) is 1.43. The summed E-state index contributed by atoms with van der Waals surface area (Å²) in [6.07, 6.45) is 3.47. The Morgan fingerprint density at radius 2 is 2.18 bits per heavy atom. The lowest BCUT2D eigenvalue weighted by molar-refractivity contribution is -0.115. The van der Waals surface area contributed by atoms with Crippen molar-refractivity contribution >= 4 is 11.6 Å². The van der Waals surface area contributed by atoms with Crippen LogP contribution in [-0.4, -0.2) is 23.0 Å². The quantitative estimate of drug-likeness (QED) is 0.839. The average molecular weight is 231 g/mol. The van der Waals surface area contributed by atoms with Crippen molar-refractivity contribution in [2.45, 2.75) is 6.42 Å². The number of ether oxygens (including phenoxy) is 1. The highest BCUT2D eigenvalue weighted by atomic mass is 16.5. The molecule has 0 radical (unpaired) electrons. The van der Waals surface area contributed by atoms with Crippen molar-refractivity contribution in [1.29, 1.82) is 0 Å². The molecule has 0 atom stereocenters. The molecule has 17 heavy (non-hydrogen) atoms. The SMILES string of the molecule is COc1ccc(NC(=O)Cc2cnc[nH]2)cc1. The number of H-pyrrole nitrogens is 1. The van der Waals surface area contributed by atoms with Gasteiger partial charge in [-0.1, -0.05) is 0 Å². The molecule has 0 aliphatic carbocycles. The van der Waals surface area contributed by atoms with Gasteiger partial charge in [-0.05, 0) is 24.3 Å². The Labute approximate surface area is 98.8 Å². The van der Waals surface area contributed by atoms with Gasteiger partial charge in [-0.3, -0.25) is 4.79 Å². The zero-order valence-corrected chi connectivity index (χ0v) is 9.43. The van der Waals surface area contributed by atoms with E-state index in [0.717, 1.165) is 17.1 Å². The van der Waals surface area contributed by atoms with Crippen LogP contribution in [-0.2, 0) is 11.2 Å². The molecule has 0 fully saturated rings. The number of methoxy groups -OCH3 is 1. The van der Waals surface area contributed by atoms with E-state index in [1.165, 1.54) is 0 Å². The second kappa shape index (κ2) is 5.16. The van der Waals surface area contributed by atoms with Crippen LogP contribution >= 0.6 is 0 Å². The van der Waals surface area contributed by atoms with Gasteiger partial charge in [0.25, 0.3) is 0 Å². The van der Waals surface area contributed by atoms with E-state index >= 15 is 0 Å². The number of nitrogens with one attached hydrogen (secondary N) is 2. The smallest absolute Gasteiger partial charge is 0.230 e. The average Bonchev–Trinajstić information content (AvgIpc) is 2.82. The highest BCUT2D eigenvalue weighted by molar-refractivity contribution is 5.92. The first-order valence-electron chi connectivity index (χ1n) is 5.19. The number of hydrogen-bond acceptors (Lipinski definition) is 3. The summed E-state index contributed by atoms with van der Waals surface area (Å²) in [5, 5.41) is 2.79. The molecule has 1 aromatic carbocycles. The third-order valence-corrected chi connectivity index (χ3v) is 2.28. The Morgan fingerprint density at radius 1 is 1.41 bits per heavy atom. The van der Waals surface area contributed by atoms with Crippen LogP contribution < -0.4 is 10.1 Å². The molecule has 2 N–H and O–H groups in total. The van der Waals surface area contributed by atoms with Gasteiger partial charge in [0.05, 0.1) is 19.9 Å². The van der Waals surface area contributed by atoms with Gasteiger partial charge in [0.15, 0.2) is 0 Å². The molecule has 0 saturated heterocycles. The molecule has 5 nitrogen and oxygen atoms in total. The molecule has 0 aliphatic heterocycles. The lowest BCUT2D eigenvalue weighted by Crippen LogP contribution is -2.14. The molecule has 1 aromatic heterocycles. The zero-order chi connectivity index (χ0) is 12.1. The van der Waals surface area contributed by atoms with Gasteiger partial charge in [0, 0.05) is 17.6 Å². The summed E-state index contributed by atoms with van der Waals surface area (Å²) in [7, 11) is 1.60. The second-order valence-corrected chi connectivity index (χ2v) is 3.53. The third-order valence-electron chi connectivity index (χ3n) is 2.28. The first-order valence-corrected chi connectivity index (χ1v) is 5.19. The monoisotopic (exact) mass is 231 g/mol. The molecule has 2 rings (SSSR count). The van der Waals surface area contributed by atoms with Crippen LogP contribution in [0.4, 0.5) is 5.69 Å². The Kier molecular flexibility index (Phi) is 3.40. The first kappa shape index (κ1) is 11.2. The van der Waals surface area contributed by atoms with Gasteiger partial charge in [-0.25, -0.2) is 4.98 Å². The number of rotatable bonds is 4. The Bertz CT molecular complexity index is 477. The van der Waals surface area contributed by atoms with Crippen molar-refractivity contribution in [2.24, 2.45) is 0 Å². The standard InChI is InChI=1S/C12H13N3O2/c1-17-11-4-2-9(3-5-11)15-12(16)6-10-7-13-8-14-10/h2-5,7-8H,6H2,1H3,(H,13,14)(H,15,16). The second-order valence-electron chi connectivity index (χ2n) is 3.53. The number of carbonyl (C=O) groups is 1. The number of amides is 1. The van der Waals surface area contributed by atoms with Crippen LogP contribution in [0.1, 0.15) is 5.69 Å². The molecule has 0 bridgehead atoms. The topological polar surface area (TPSA) is 67.0 Å². The van der Waals surface area contributed by atoms with Crippen molar-refractivity contribution in [2.75, 3.05) is 12.4 Å². The fraction of sp³-hybridized carbons (Fsp3) is 0.167. The van der Waals surface area contributed by atoms with Crippen LogP contribution in [0, 0.1) is 0 Å². The van der Waals surface area contributed by atoms with E-state index in [4.69, 9.17) is 4.74 Å². The van der Waals surface area contributed by atoms with Gasteiger partial charge < -0.3 is 15.0 Å². The maximum absolute atomic E-state index is 11.6. The molecular formula is C12H13N3O2. The molecule has 88 valence electrons. The summed E-state index contributed by atoms with van der Waals surface area (Å²) in [6, 6.07) is 7.19. The summed E-state index contributed by atoms with van der Waals surface area (Å²) in [5.41, 5.74) is 1.53. The van der Waals surface area contributed by atoms with Crippen molar-refractivity contribution in [3.63, 3.8) is 0 Å². The van der Waals surface area contributed by atoms with Gasteiger partial charge in [-0.2, -0.15) is 0 Å². The Hall–Kier alpha value is -2.30. The summed E-state index contributed by atoms with van der Waals surface area (Å²) in [5.74, 6) is 0.677.